The summed E-state index contributed by atoms with van der Waals surface area (Å²) in [5.74, 6) is 1.55. The molecule has 2 aromatic carbocycles. The number of piperidine rings is 1. The number of hydrogen-bond donors (Lipinski definition) is 1. The Balaban J connectivity index is 1.39. The van der Waals surface area contributed by atoms with Crippen LogP contribution in [0.5, 0.6) is 5.75 Å². The summed E-state index contributed by atoms with van der Waals surface area (Å²) in [6, 6.07) is 12.4. The van der Waals surface area contributed by atoms with Crippen molar-refractivity contribution in [2.45, 2.75) is 44.2 Å². The first-order valence-electron chi connectivity index (χ1n) is 10.3. The fourth-order valence-electron chi connectivity index (χ4n) is 4.58. The highest BCUT2D eigenvalue weighted by molar-refractivity contribution is 5.91. The Morgan fingerprint density at radius 1 is 1.21 bits per heavy atom. The predicted molar refractivity (Wildman–Crippen MR) is 110 cm³/mol. The minimum atomic E-state index is 0.204. The van der Waals surface area contributed by atoms with Crippen LogP contribution in [-0.2, 0) is 16.0 Å². The van der Waals surface area contributed by atoms with Crippen LogP contribution in [0.1, 0.15) is 31.2 Å². The third-order valence-corrected chi connectivity index (χ3v) is 6.30. The summed E-state index contributed by atoms with van der Waals surface area (Å²) in [5.41, 5.74) is 7.17. The number of hydrogen-bond acceptors (Lipinski definition) is 4. The number of likely N-dealkylation sites (tertiary alicyclic amines) is 1. The van der Waals surface area contributed by atoms with Gasteiger partial charge in [-0.15, -0.1) is 0 Å². The monoisotopic (exact) mass is 382 g/mol. The van der Waals surface area contributed by atoms with Crippen LogP contribution in [0.3, 0.4) is 0 Å². The molecular formula is C23H30N2O3. The Kier molecular flexibility index (Phi) is 5.83. The maximum Gasteiger partial charge on any atom is 0.227 e. The number of fused-ring (bicyclic) bond motifs is 1. The number of rotatable bonds is 4. The van der Waals surface area contributed by atoms with Gasteiger partial charge >= 0.3 is 0 Å². The summed E-state index contributed by atoms with van der Waals surface area (Å²) in [4.78, 5) is 15.0. The first-order chi connectivity index (χ1) is 13.6. The van der Waals surface area contributed by atoms with E-state index in [2.05, 4.69) is 6.07 Å². The lowest BCUT2D eigenvalue weighted by molar-refractivity contribution is -0.133. The van der Waals surface area contributed by atoms with Crippen molar-refractivity contribution in [1.82, 2.24) is 4.90 Å². The van der Waals surface area contributed by atoms with Crippen LogP contribution in [0.2, 0.25) is 0 Å². The number of carbonyl (C=O) groups is 1. The standard InChI is InChI=1S/C23H30N2O3/c1-27-20-6-5-16-3-2-4-18(21(16)15-20)13-23(26)25-10-7-17(8-11-25)22-14-19(24)9-12-28-22/h2-6,15,17,19,22H,7-14,24H2,1H3/t19-,22+/m1/s1. The fraction of sp³-hybridized carbons (Fsp3) is 0.522. The van der Waals surface area contributed by atoms with Gasteiger partial charge in [0.15, 0.2) is 0 Å². The van der Waals surface area contributed by atoms with E-state index in [1.54, 1.807) is 7.11 Å². The third kappa shape index (κ3) is 4.15. The highest BCUT2D eigenvalue weighted by Gasteiger charge is 2.32. The molecular weight excluding hydrogens is 352 g/mol. The van der Waals surface area contributed by atoms with Crippen LogP contribution >= 0.6 is 0 Å². The fourth-order valence-corrected chi connectivity index (χ4v) is 4.58. The molecule has 2 fully saturated rings. The summed E-state index contributed by atoms with van der Waals surface area (Å²) in [5, 5.41) is 2.23. The first-order valence-corrected chi connectivity index (χ1v) is 10.3. The average Bonchev–Trinajstić information content (AvgIpc) is 2.74. The molecule has 2 saturated heterocycles. The van der Waals surface area contributed by atoms with Crippen molar-refractivity contribution < 1.29 is 14.3 Å². The van der Waals surface area contributed by atoms with E-state index in [1.807, 2.05) is 35.2 Å². The van der Waals surface area contributed by atoms with E-state index in [-0.39, 0.29) is 18.1 Å². The molecule has 28 heavy (non-hydrogen) atoms. The van der Waals surface area contributed by atoms with Gasteiger partial charge in [0.05, 0.1) is 19.6 Å². The van der Waals surface area contributed by atoms with Crippen molar-refractivity contribution in [2.75, 3.05) is 26.8 Å². The van der Waals surface area contributed by atoms with E-state index < -0.39 is 0 Å². The quantitative estimate of drug-likeness (QED) is 0.882. The number of nitrogens with two attached hydrogens (primary N) is 1. The average molecular weight is 383 g/mol. The molecule has 5 heteroatoms. The van der Waals surface area contributed by atoms with Gasteiger partial charge in [0.2, 0.25) is 5.91 Å². The summed E-state index contributed by atoms with van der Waals surface area (Å²) >= 11 is 0. The Morgan fingerprint density at radius 3 is 2.79 bits per heavy atom. The zero-order valence-corrected chi connectivity index (χ0v) is 16.6. The number of nitrogens with zero attached hydrogens (tertiary/aromatic N) is 1. The largest absolute Gasteiger partial charge is 0.497 e. The number of methoxy groups -OCH3 is 1. The molecule has 2 heterocycles. The van der Waals surface area contributed by atoms with Gasteiger partial charge < -0.3 is 20.1 Å². The molecule has 2 aromatic rings. The minimum absolute atomic E-state index is 0.204. The molecule has 1 amide bonds. The van der Waals surface area contributed by atoms with Gasteiger partial charge in [0, 0.05) is 25.7 Å². The predicted octanol–water partition coefficient (Wildman–Crippen LogP) is 3.14. The normalized spacial score (nSPS) is 23.7. The van der Waals surface area contributed by atoms with Crippen molar-refractivity contribution in [3.63, 3.8) is 0 Å². The third-order valence-electron chi connectivity index (χ3n) is 6.30. The van der Waals surface area contributed by atoms with Crippen molar-refractivity contribution in [2.24, 2.45) is 11.7 Å². The van der Waals surface area contributed by atoms with E-state index in [0.717, 1.165) is 67.5 Å². The van der Waals surface area contributed by atoms with Crippen LogP contribution < -0.4 is 10.5 Å². The summed E-state index contributed by atoms with van der Waals surface area (Å²) in [6.07, 6.45) is 4.63. The van der Waals surface area contributed by atoms with Crippen molar-refractivity contribution in [3.05, 3.63) is 42.0 Å². The molecule has 0 saturated carbocycles. The smallest absolute Gasteiger partial charge is 0.227 e. The molecule has 0 bridgehead atoms. The SMILES string of the molecule is COc1ccc2cccc(CC(=O)N3CCC([C@@H]4C[C@H](N)CCO4)CC3)c2c1. The Hall–Kier alpha value is -2.11. The topological polar surface area (TPSA) is 64.8 Å². The van der Waals surface area contributed by atoms with Gasteiger partial charge in [0.25, 0.3) is 0 Å². The molecule has 2 aliphatic rings. The summed E-state index contributed by atoms with van der Waals surface area (Å²) in [7, 11) is 1.67. The van der Waals surface area contributed by atoms with Gasteiger partial charge in [-0.25, -0.2) is 0 Å². The van der Waals surface area contributed by atoms with Gasteiger partial charge in [-0.2, -0.15) is 0 Å². The molecule has 2 aliphatic heterocycles. The number of ether oxygens (including phenoxy) is 2. The van der Waals surface area contributed by atoms with Crippen molar-refractivity contribution >= 4 is 16.7 Å². The first kappa shape index (κ1) is 19.2. The molecule has 4 rings (SSSR count). The second-order valence-electron chi connectivity index (χ2n) is 8.09. The maximum absolute atomic E-state index is 12.9. The lowest BCUT2D eigenvalue weighted by atomic mass is 9.86. The highest BCUT2D eigenvalue weighted by Crippen LogP contribution is 2.29. The van der Waals surface area contributed by atoms with Gasteiger partial charge in [0.1, 0.15) is 5.75 Å². The van der Waals surface area contributed by atoms with Crippen LogP contribution in [0.4, 0.5) is 0 Å². The lowest BCUT2D eigenvalue weighted by Crippen LogP contribution is -2.45. The van der Waals surface area contributed by atoms with E-state index in [1.165, 1.54) is 0 Å². The lowest BCUT2D eigenvalue weighted by Gasteiger charge is -2.38. The van der Waals surface area contributed by atoms with Crippen LogP contribution in [0.15, 0.2) is 36.4 Å². The number of amides is 1. The second kappa shape index (κ2) is 8.50. The van der Waals surface area contributed by atoms with Gasteiger partial charge in [-0.3, -0.25) is 4.79 Å². The summed E-state index contributed by atoms with van der Waals surface area (Å²) < 4.78 is 11.3. The van der Waals surface area contributed by atoms with Crippen molar-refractivity contribution in [1.29, 1.82) is 0 Å². The van der Waals surface area contributed by atoms with Gasteiger partial charge in [-0.1, -0.05) is 24.3 Å². The van der Waals surface area contributed by atoms with E-state index in [4.69, 9.17) is 15.2 Å². The molecule has 0 spiro atoms. The van der Waals surface area contributed by atoms with Crippen LogP contribution in [0, 0.1) is 5.92 Å². The van der Waals surface area contributed by atoms with E-state index in [9.17, 15) is 4.79 Å². The van der Waals surface area contributed by atoms with Gasteiger partial charge in [-0.05, 0) is 60.1 Å². The van der Waals surface area contributed by atoms with E-state index in [0.29, 0.717) is 12.3 Å². The second-order valence-corrected chi connectivity index (χ2v) is 8.09. The number of benzene rings is 2. The van der Waals surface area contributed by atoms with Crippen molar-refractivity contribution in [3.8, 4) is 5.75 Å². The molecule has 150 valence electrons. The highest BCUT2D eigenvalue weighted by atomic mass is 16.5. The molecule has 0 radical (unpaired) electrons. The zero-order valence-electron chi connectivity index (χ0n) is 16.6. The Bertz CT molecular complexity index is 830. The molecule has 0 unspecified atom stereocenters. The number of carbonyl (C=O) groups excluding carboxylic acids is 1. The molecule has 0 aromatic heterocycles. The minimum Gasteiger partial charge on any atom is -0.497 e. The van der Waals surface area contributed by atoms with E-state index >= 15 is 0 Å². The Morgan fingerprint density at radius 2 is 2.04 bits per heavy atom. The summed E-state index contributed by atoms with van der Waals surface area (Å²) in [6.45, 7) is 2.40. The van der Waals surface area contributed by atoms with Crippen LogP contribution in [0.25, 0.3) is 10.8 Å². The molecule has 2 N–H and O–H groups in total. The molecule has 0 aliphatic carbocycles. The maximum atomic E-state index is 12.9. The zero-order chi connectivity index (χ0) is 19.5. The molecule has 2 atom stereocenters. The van der Waals surface area contributed by atoms with Crippen LogP contribution in [-0.4, -0.2) is 49.8 Å². The Labute approximate surface area is 166 Å². The molecule has 5 nitrogen and oxygen atoms in total.